The lowest BCUT2D eigenvalue weighted by molar-refractivity contribution is 0.528. The molecule has 27 heavy (non-hydrogen) atoms. The van der Waals surface area contributed by atoms with Crippen molar-refractivity contribution in [2.75, 3.05) is 0 Å². The third kappa shape index (κ3) is 3.29. The molecule has 4 rings (SSSR count). The lowest BCUT2D eigenvalue weighted by Gasteiger charge is -2.07. The average molecular weight is 385 g/mol. The molecule has 8 nitrogen and oxygen atoms in total. The Morgan fingerprint density at radius 1 is 1.19 bits per heavy atom. The van der Waals surface area contributed by atoms with Gasteiger partial charge in [-0.15, -0.1) is 0 Å². The van der Waals surface area contributed by atoms with E-state index < -0.39 is 15.8 Å². The molecule has 3 aromatic heterocycles. The lowest BCUT2D eigenvalue weighted by Crippen LogP contribution is -2.23. The standard InChI is InChI=1S/C18H15N3O5S/c1-21-16-8-14(3-5-17(16)26-18(21)22)27(23,24)20-10-12-2-4-15(19-9-12)13-6-7-25-11-13/h2-9,11,20H,10H2,1H3. The lowest BCUT2D eigenvalue weighted by atomic mass is 10.2. The third-order valence-electron chi connectivity index (χ3n) is 4.18. The van der Waals surface area contributed by atoms with Crippen molar-refractivity contribution in [2.24, 2.45) is 7.05 Å². The van der Waals surface area contributed by atoms with Gasteiger partial charge in [-0.05, 0) is 35.9 Å². The number of oxazole rings is 1. The molecule has 0 radical (unpaired) electrons. The summed E-state index contributed by atoms with van der Waals surface area (Å²) < 4.78 is 38.9. The van der Waals surface area contributed by atoms with E-state index in [4.69, 9.17) is 8.83 Å². The predicted molar refractivity (Wildman–Crippen MR) is 97.4 cm³/mol. The quantitative estimate of drug-likeness (QED) is 0.565. The molecule has 9 heteroatoms. The summed E-state index contributed by atoms with van der Waals surface area (Å²) in [6, 6.07) is 9.65. The van der Waals surface area contributed by atoms with Gasteiger partial charge >= 0.3 is 5.76 Å². The smallest absolute Gasteiger partial charge is 0.419 e. The molecule has 4 aromatic rings. The van der Waals surface area contributed by atoms with Gasteiger partial charge in [-0.25, -0.2) is 17.9 Å². The Morgan fingerprint density at radius 2 is 2.04 bits per heavy atom. The second kappa shape index (κ2) is 6.53. The molecule has 0 aliphatic rings. The molecule has 0 bridgehead atoms. The van der Waals surface area contributed by atoms with Gasteiger partial charge in [0.25, 0.3) is 0 Å². The minimum absolute atomic E-state index is 0.0503. The van der Waals surface area contributed by atoms with E-state index in [-0.39, 0.29) is 11.4 Å². The van der Waals surface area contributed by atoms with E-state index in [2.05, 4.69) is 9.71 Å². The summed E-state index contributed by atoms with van der Waals surface area (Å²) in [6.45, 7) is 0.0867. The van der Waals surface area contributed by atoms with Crippen LogP contribution in [-0.2, 0) is 23.6 Å². The molecule has 0 atom stereocenters. The van der Waals surface area contributed by atoms with Gasteiger partial charge in [0, 0.05) is 25.4 Å². The molecule has 0 unspecified atom stereocenters. The zero-order chi connectivity index (χ0) is 19.0. The summed E-state index contributed by atoms with van der Waals surface area (Å²) in [5.74, 6) is -0.545. The first-order valence-corrected chi connectivity index (χ1v) is 9.49. The summed E-state index contributed by atoms with van der Waals surface area (Å²) in [4.78, 5) is 15.9. The summed E-state index contributed by atoms with van der Waals surface area (Å²) in [6.07, 6.45) is 4.75. The number of benzene rings is 1. The van der Waals surface area contributed by atoms with Crippen LogP contribution in [0.3, 0.4) is 0 Å². The van der Waals surface area contributed by atoms with Crippen molar-refractivity contribution in [2.45, 2.75) is 11.4 Å². The second-order valence-electron chi connectivity index (χ2n) is 5.94. The summed E-state index contributed by atoms with van der Waals surface area (Å²) in [5.41, 5.74) is 3.04. The largest absolute Gasteiger partial charge is 0.472 e. The Hall–Kier alpha value is -3.17. The number of nitrogens with zero attached hydrogens (tertiary/aromatic N) is 2. The molecule has 0 aliphatic heterocycles. The highest BCUT2D eigenvalue weighted by atomic mass is 32.2. The first kappa shape index (κ1) is 17.3. The molecule has 0 aliphatic carbocycles. The minimum atomic E-state index is -3.76. The van der Waals surface area contributed by atoms with Gasteiger partial charge in [-0.1, -0.05) is 6.07 Å². The highest BCUT2D eigenvalue weighted by Crippen LogP contribution is 2.19. The van der Waals surface area contributed by atoms with E-state index in [0.29, 0.717) is 16.7 Å². The number of hydrogen-bond donors (Lipinski definition) is 1. The Kier molecular flexibility index (Phi) is 4.17. The van der Waals surface area contributed by atoms with Crippen molar-refractivity contribution in [1.82, 2.24) is 14.3 Å². The monoisotopic (exact) mass is 385 g/mol. The maximum Gasteiger partial charge on any atom is 0.419 e. The topological polar surface area (TPSA) is 107 Å². The van der Waals surface area contributed by atoms with Crippen LogP contribution in [0.4, 0.5) is 0 Å². The number of sulfonamides is 1. The van der Waals surface area contributed by atoms with E-state index in [1.165, 1.54) is 29.8 Å². The molecule has 0 fully saturated rings. The number of nitrogens with one attached hydrogen (secondary N) is 1. The van der Waals surface area contributed by atoms with Gasteiger partial charge < -0.3 is 8.83 Å². The number of fused-ring (bicyclic) bond motifs is 1. The van der Waals surface area contributed by atoms with Gasteiger partial charge in [-0.3, -0.25) is 9.55 Å². The first-order valence-electron chi connectivity index (χ1n) is 8.01. The normalized spacial score (nSPS) is 11.9. The Labute approximate surface area is 154 Å². The Bertz CT molecular complexity index is 1250. The van der Waals surface area contributed by atoms with Gasteiger partial charge in [0.2, 0.25) is 10.0 Å². The van der Waals surface area contributed by atoms with E-state index >= 15 is 0 Å². The number of aromatic nitrogens is 2. The number of hydrogen-bond acceptors (Lipinski definition) is 6. The van der Waals surface area contributed by atoms with Crippen molar-refractivity contribution in [1.29, 1.82) is 0 Å². The average Bonchev–Trinajstić information content (AvgIpc) is 3.29. The Morgan fingerprint density at radius 3 is 2.74 bits per heavy atom. The fourth-order valence-corrected chi connectivity index (χ4v) is 3.68. The van der Waals surface area contributed by atoms with E-state index in [1.54, 1.807) is 36.9 Å². The highest BCUT2D eigenvalue weighted by molar-refractivity contribution is 7.89. The maximum atomic E-state index is 12.6. The molecule has 3 heterocycles. The zero-order valence-corrected chi connectivity index (χ0v) is 15.1. The molecule has 1 aromatic carbocycles. The summed E-state index contributed by atoms with van der Waals surface area (Å²) in [5, 5.41) is 0. The predicted octanol–water partition coefficient (Wildman–Crippen LogP) is 2.26. The van der Waals surface area contributed by atoms with Crippen LogP contribution in [0.25, 0.3) is 22.4 Å². The molecule has 0 amide bonds. The molecule has 1 N–H and O–H groups in total. The minimum Gasteiger partial charge on any atom is -0.472 e. The van der Waals surface area contributed by atoms with Crippen LogP contribution < -0.4 is 10.5 Å². The number of rotatable bonds is 5. The third-order valence-corrected chi connectivity index (χ3v) is 5.58. The molecule has 0 saturated heterocycles. The van der Waals surface area contributed by atoms with Crippen molar-refractivity contribution in [3.8, 4) is 11.3 Å². The van der Waals surface area contributed by atoms with Crippen LogP contribution in [-0.4, -0.2) is 18.0 Å². The second-order valence-corrected chi connectivity index (χ2v) is 7.71. The molecule has 0 saturated carbocycles. The number of furan rings is 1. The van der Waals surface area contributed by atoms with Crippen LogP contribution in [0.1, 0.15) is 5.56 Å². The van der Waals surface area contributed by atoms with Gasteiger partial charge in [0.15, 0.2) is 5.58 Å². The molecule has 0 spiro atoms. The van der Waals surface area contributed by atoms with Gasteiger partial charge in [-0.2, -0.15) is 0 Å². The van der Waals surface area contributed by atoms with Crippen LogP contribution in [0.5, 0.6) is 0 Å². The maximum absolute atomic E-state index is 12.6. The highest BCUT2D eigenvalue weighted by Gasteiger charge is 2.17. The van der Waals surface area contributed by atoms with E-state index in [1.807, 2.05) is 0 Å². The van der Waals surface area contributed by atoms with Crippen LogP contribution in [0.15, 0.2) is 73.6 Å². The van der Waals surface area contributed by atoms with Crippen LogP contribution in [0.2, 0.25) is 0 Å². The zero-order valence-electron chi connectivity index (χ0n) is 14.2. The SMILES string of the molecule is Cn1c(=O)oc2ccc(S(=O)(=O)NCc3ccc(-c4ccoc4)nc3)cc21. The van der Waals surface area contributed by atoms with E-state index in [9.17, 15) is 13.2 Å². The number of aryl methyl sites for hydroxylation is 1. The molecule has 138 valence electrons. The molecular weight excluding hydrogens is 370 g/mol. The van der Waals surface area contributed by atoms with E-state index in [0.717, 1.165) is 11.3 Å². The van der Waals surface area contributed by atoms with Crippen LogP contribution >= 0.6 is 0 Å². The van der Waals surface area contributed by atoms with Crippen molar-refractivity contribution < 1.29 is 17.3 Å². The summed E-state index contributed by atoms with van der Waals surface area (Å²) >= 11 is 0. The fraction of sp³-hybridized carbons (Fsp3) is 0.111. The Balaban J connectivity index is 1.53. The summed E-state index contributed by atoms with van der Waals surface area (Å²) in [7, 11) is -2.24. The van der Waals surface area contributed by atoms with Crippen molar-refractivity contribution in [3.05, 3.63) is 71.2 Å². The van der Waals surface area contributed by atoms with Gasteiger partial charge in [0.05, 0.1) is 28.6 Å². The molecular formula is C18H15N3O5S. The van der Waals surface area contributed by atoms with Crippen molar-refractivity contribution >= 4 is 21.1 Å². The van der Waals surface area contributed by atoms with Crippen LogP contribution in [0, 0.1) is 0 Å². The first-order chi connectivity index (χ1) is 12.9. The van der Waals surface area contributed by atoms with Gasteiger partial charge in [0.1, 0.15) is 0 Å². The number of pyridine rings is 1. The van der Waals surface area contributed by atoms with Crippen molar-refractivity contribution in [3.63, 3.8) is 0 Å². The fourth-order valence-electron chi connectivity index (χ4n) is 2.65.